The molecule has 0 N–H and O–H groups in total. The van der Waals surface area contributed by atoms with E-state index in [0.29, 0.717) is 50.7 Å². The lowest BCUT2D eigenvalue weighted by molar-refractivity contribution is -0.0649. The van der Waals surface area contributed by atoms with Crippen LogP contribution in [0.3, 0.4) is 0 Å². The van der Waals surface area contributed by atoms with E-state index in [4.69, 9.17) is 23.7 Å². The molecule has 2 aromatic carbocycles. The molecular weight excluding hydrogens is 556 g/mol. The third-order valence-electron chi connectivity index (χ3n) is 7.99. The first-order valence-electron chi connectivity index (χ1n) is 15.0. The average molecular weight is 605 g/mol. The van der Waals surface area contributed by atoms with Gasteiger partial charge >= 0.3 is 0 Å². The van der Waals surface area contributed by atoms with E-state index in [1.807, 2.05) is 45.0 Å². The molecule has 0 bridgehead atoms. The van der Waals surface area contributed by atoms with Gasteiger partial charge in [0.2, 0.25) is 10.0 Å². The molecule has 0 spiro atoms. The molecule has 0 unspecified atom stereocenters. The number of anilines is 1. The zero-order valence-electron chi connectivity index (χ0n) is 25.8. The highest BCUT2D eigenvalue weighted by atomic mass is 32.2. The summed E-state index contributed by atoms with van der Waals surface area (Å²) in [6.07, 6.45) is 2.77. The zero-order chi connectivity index (χ0) is 30.2. The molecule has 1 saturated heterocycles. The van der Waals surface area contributed by atoms with Gasteiger partial charge in [-0.05, 0) is 76.3 Å². The SMILES string of the molecule is COCCCN1CCOc2ccc(CO[C@@H]3CC[C@@H](CC(C)(C)OCCOC)N(S(=O)(=O)c4ccc(C)cc4)C3)cc21. The van der Waals surface area contributed by atoms with Gasteiger partial charge in [0.25, 0.3) is 0 Å². The van der Waals surface area contributed by atoms with Crippen LogP contribution in [0.15, 0.2) is 47.4 Å². The summed E-state index contributed by atoms with van der Waals surface area (Å²) < 4.78 is 58.3. The maximum atomic E-state index is 14.0. The van der Waals surface area contributed by atoms with Gasteiger partial charge in [0.05, 0.1) is 48.7 Å². The van der Waals surface area contributed by atoms with E-state index < -0.39 is 15.6 Å². The first-order valence-corrected chi connectivity index (χ1v) is 16.4. The van der Waals surface area contributed by atoms with Gasteiger partial charge < -0.3 is 28.6 Å². The molecule has 0 aromatic heterocycles. The summed E-state index contributed by atoms with van der Waals surface area (Å²) in [6.45, 7) is 10.8. The molecule has 2 atom stereocenters. The fraction of sp³-hybridized carbons (Fsp3) is 0.625. The van der Waals surface area contributed by atoms with Crippen molar-refractivity contribution < 1.29 is 32.1 Å². The van der Waals surface area contributed by atoms with Gasteiger partial charge in [-0.1, -0.05) is 23.8 Å². The number of piperidine rings is 1. The van der Waals surface area contributed by atoms with Crippen molar-refractivity contribution >= 4 is 15.7 Å². The summed E-state index contributed by atoms with van der Waals surface area (Å²) in [5.41, 5.74) is 2.63. The van der Waals surface area contributed by atoms with Gasteiger partial charge in [-0.25, -0.2) is 8.42 Å². The molecule has 234 valence electrons. The predicted molar refractivity (Wildman–Crippen MR) is 164 cm³/mol. The fourth-order valence-electron chi connectivity index (χ4n) is 5.73. The number of rotatable bonds is 15. The third-order valence-corrected chi connectivity index (χ3v) is 9.93. The lowest BCUT2D eigenvalue weighted by Gasteiger charge is -2.41. The maximum Gasteiger partial charge on any atom is 0.243 e. The Morgan fingerprint density at radius 2 is 1.76 bits per heavy atom. The number of benzene rings is 2. The normalized spacial score (nSPS) is 19.9. The van der Waals surface area contributed by atoms with E-state index in [-0.39, 0.29) is 12.1 Å². The van der Waals surface area contributed by atoms with Crippen LogP contribution in [0.1, 0.15) is 50.7 Å². The van der Waals surface area contributed by atoms with Crippen LogP contribution in [0.4, 0.5) is 5.69 Å². The minimum Gasteiger partial charge on any atom is -0.490 e. The lowest BCUT2D eigenvalue weighted by atomic mass is 9.92. The Kier molecular flexibility index (Phi) is 11.7. The Morgan fingerprint density at radius 1 is 1.00 bits per heavy atom. The highest BCUT2D eigenvalue weighted by Crippen LogP contribution is 2.35. The topological polar surface area (TPSA) is 86.8 Å². The van der Waals surface area contributed by atoms with Crippen LogP contribution < -0.4 is 9.64 Å². The number of methoxy groups -OCH3 is 2. The van der Waals surface area contributed by atoms with Crippen LogP contribution in [-0.4, -0.2) is 90.8 Å². The summed E-state index contributed by atoms with van der Waals surface area (Å²) >= 11 is 0. The van der Waals surface area contributed by atoms with Crippen LogP contribution in [-0.2, 0) is 35.6 Å². The summed E-state index contributed by atoms with van der Waals surface area (Å²) in [5, 5.41) is 0. The third kappa shape index (κ3) is 8.67. The number of aryl methyl sites for hydroxylation is 1. The Labute approximate surface area is 252 Å². The summed E-state index contributed by atoms with van der Waals surface area (Å²) in [7, 11) is -0.366. The van der Waals surface area contributed by atoms with Crippen molar-refractivity contribution in [2.45, 2.75) is 75.7 Å². The molecule has 4 rings (SSSR count). The van der Waals surface area contributed by atoms with Gasteiger partial charge in [0, 0.05) is 40.0 Å². The molecule has 2 aliphatic heterocycles. The van der Waals surface area contributed by atoms with Crippen molar-refractivity contribution in [2.75, 3.05) is 65.2 Å². The number of sulfonamides is 1. The summed E-state index contributed by atoms with van der Waals surface area (Å²) in [6, 6.07) is 13.0. The van der Waals surface area contributed by atoms with Gasteiger partial charge in [-0.2, -0.15) is 4.31 Å². The number of fused-ring (bicyclic) bond motifs is 1. The van der Waals surface area contributed by atoms with Crippen molar-refractivity contribution in [1.82, 2.24) is 4.31 Å². The fourth-order valence-corrected chi connectivity index (χ4v) is 7.41. The van der Waals surface area contributed by atoms with Gasteiger partial charge in [0.1, 0.15) is 12.4 Å². The minimum absolute atomic E-state index is 0.199. The van der Waals surface area contributed by atoms with Crippen molar-refractivity contribution in [2.24, 2.45) is 0 Å². The average Bonchev–Trinajstić information content (AvgIpc) is 2.97. The molecule has 42 heavy (non-hydrogen) atoms. The first-order chi connectivity index (χ1) is 20.1. The smallest absolute Gasteiger partial charge is 0.243 e. The Hall–Kier alpha value is -2.21. The number of hydrogen-bond donors (Lipinski definition) is 0. The quantitative estimate of drug-likeness (QED) is 0.268. The second kappa shape index (κ2) is 15.0. The number of nitrogens with zero attached hydrogens (tertiary/aromatic N) is 2. The van der Waals surface area contributed by atoms with Crippen molar-refractivity contribution in [3.8, 4) is 5.75 Å². The summed E-state index contributed by atoms with van der Waals surface area (Å²) in [4.78, 5) is 2.64. The molecule has 0 aliphatic carbocycles. The van der Waals surface area contributed by atoms with Crippen LogP contribution in [0, 0.1) is 6.92 Å². The molecule has 2 aliphatic rings. The van der Waals surface area contributed by atoms with Gasteiger partial charge in [-0.3, -0.25) is 0 Å². The molecule has 9 nitrogen and oxygen atoms in total. The lowest BCUT2D eigenvalue weighted by Crippen LogP contribution is -2.51. The highest BCUT2D eigenvalue weighted by Gasteiger charge is 2.40. The Morgan fingerprint density at radius 3 is 2.50 bits per heavy atom. The van der Waals surface area contributed by atoms with E-state index in [0.717, 1.165) is 55.1 Å². The van der Waals surface area contributed by atoms with Gasteiger partial charge in [-0.15, -0.1) is 0 Å². The van der Waals surface area contributed by atoms with Crippen LogP contribution in [0.2, 0.25) is 0 Å². The van der Waals surface area contributed by atoms with E-state index in [9.17, 15) is 8.42 Å². The van der Waals surface area contributed by atoms with Crippen molar-refractivity contribution in [3.63, 3.8) is 0 Å². The molecule has 1 fully saturated rings. The molecule has 0 amide bonds. The highest BCUT2D eigenvalue weighted by molar-refractivity contribution is 7.89. The van der Waals surface area contributed by atoms with E-state index >= 15 is 0 Å². The van der Waals surface area contributed by atoms with E-state index in [1.165, 1.54) is 0 Å². The molecule has 10 heteroatoms. The van der Waals surface area contributed by atoms with Crippen LogP contribution >= 0.6 is 0 Å². The molecule has 2 aromatic rings. The maximum absolute atomic E-state index is 14.0. The molecule has 2 heterocycles. The number of ether oxygens (including phenoxy) is 5. The largest absolute Gasteiger partial charge is 0.490 e. The van der Waals surface area contributed by atoms with Crippen molar-refractivity contribution in [1.29, 1.82) is 0 Å². The predicted octanol–water partition coefficient (Wildman–Crippen LogP) is 4.80. The van der Waals surface area contributed by atoms with Crippen molar-refractivity contribution in [3.05, 3.63) is 53.6 Å². The Bertz CT molecular complexity index is 1240. The minimum atomic E-state index is -3.73. The first kappa shape index (κ1) is 32.7. The molecule has 0 radical (unpaired) electrons. The van der Waals surface area contributed by atoms with E-state index in [2.05, 4.69) is 11.0 Å². The van der Waals surface area contributed by atoms with E-state index in [1.54, 1.807) is 30.7 Å². The molecular formula is C32H48N2O7S. The monoisotopic (exact) mass is 604 g/mol. The standard InChI is InChI=1S/C32H48N2O7S/c1-25-7-12-29(13-8-25)42(35,36)34-23-28(11-10-27(34)22-32(2,3)41-20-19-38-5)40-24-26-9-14-31-30(21-26)33(16-18-39-31)15-6-17-37-4/h7-9,12-14,21,27-28H,6,10-11,15-20,22-24H2,1-5H3/t27-,28+/m0/s1. The van der Waals surface area contributed by atoms with Crippen LogP contribution in [0.25, 0.3) is 0 Å². The van der Waals surface area contributed by atoms with Gasteiger partial charge in [0.15, 0.2) is 0 Å². The zero-order valence-corrected chi connectivity index (χ0v) is 26.7. The second-order valence-electron chi connectivity index (χ2n) is 11.8. The van der Waals surface area contributed by atoms with Crippen LogP contribution in [0.5, 0.6) is 5.75 Å². The second-order valence-corrected chi connectivity index (χ2v) is 13.7. The molecule has 0 saturated carbocycles. The Balaban J connectivity index is 1.47. The number of hydrogen-bond acceptors (Lipinski definition) is 8. The summed E-state index contributed by atoms with van der Waals surface area (Å²) in [5.74, 6) is 0.883.